The molecule has 28 heavy (non-hydrogen) atoms. The van der Waals surface area contributed by atoms with Crippen LogP contribution in [0.3, 0.4) is 0 Å². The summed E-state index contributed by atoms with van der Waals surface area (Å²) in [6.45, 7) is 0.929. The molecule has 3 aromatic rings. The molecule has 1 amide bonds. The van der Waals surface area contributed by atoms with Gasteiger partial charge in [0.15, 0.2) is 0 Å². The lowest BCUT2D eigenvalue weighted by atomic mass is 10.1. The fourth-order valence-electron chi connectivity index (χ4n) is 3.33. The van der Waals surface area contributed by atoms with Crippen molar-refractivity contribution >= 4 is 26.8 Å². The first kappa shape index (κ1) is 18.5. The normalized spacial score (nSPS) is 15.7. The first-order valence-electron chi connectivity index (χ1n) is 8.85. The number of benzene rings is 2. The first-order valence-corrected chi connectivity index (χ1v) is 10.3. The summed E-state index contributed by atoms with van der Waals surface area (Å²) in [4.78, 5) is 19.0. The van der Waals surface area contributed by atoms with E-state index in [0.29, 0.717) is 11.1 Å². The second-order valence-corrected chi connectivity index (χ2v) is 8.47. The second kappa shape index (κ2) is 7.29. The number of pyridine rings is 1. The van der Waals surface area contributed by atoms with Crippen LogP contribution in [0.1, 0.15) is 10.4 Å². The third kappa shape index (κ3) is 3.36. The minimum Gasteiger partial charge on any atom is -0.336 e. The molecule has 0 atom stereocenters. The predicted octanol–water partition coefficient (Wildman–Crippen LogP) is 2.52. The number of hydrogen-bond donors (Lipinski definition) is 0. The molecule has 0 unspecified atom stereocenters. The van der Waals surface area contributed by atoms with Crippen molar-refractivity contribution in [1.29, 1.82) is 0 Å². The molecular formula is C20H18FN3O3S. The minimum absolute atomic E-state index is 0.0481. The molecule has 8 heteroatoms. The minimum atomic E-state index is -3.71. The molecule has 1 aliphatic heterocycles. The van der Waals surface area contributed by atoms with E-state index in [2.05, 4.69) is 4.98 Å². The van der Waals surface area contributed by atoms with Crippen LogP contribution in [0.5, 0.6) is 0 Å². The highest BCUT2D eigenvalue weighted by atomic mass is 32.2. The molecule has 0 spiro atoms. The van der Waals surface area contributed by atoms with Crippen LogP contribution < -0.4 is 0 Å². The Bertz CT molecular complexity index is 1120. The van der Waals surface area contributed by atoms with Crippen molar-refractivity contribution in [3.8, 4) is 0 Å². The Morgan fingerprint density at radius 1 is 0.929 bits per heavy atom. The van der Waals surface area contributed by atoms with E-state index >= 15 is 0 Å². The van der Waals surface area contributed by atoms with Crippen LogP contribution in [0, 0.1) is 5.82 Å². The Hall–Kier alpha value is -2.84. The van der Waals surface area contributed by atoms with Crippen LogP contribution in [0.2, 0.25) is 0 Å². The van der Waals surface area contributed by atoms with E-state index in [4.69, 9.17) is 0 Å². The predicted molar refractivity (Wildman–Crippen MR) is 103 cm³/mol. The average Bonchev–Trinajstić information content (AvgIpc) is 2.73. The van der Waals surface area contributed by atoms with Crippen LogP contribution in [0.25, 0.3) is 10.9 Å². The number of rotatable bonds is 3. The number of piperazine rings is 1. The second-order valence-electron chi connectivity index (χ2n) is 6.53. The molecule has 6 nitrogen and oxygen atoms in total. The largest absolute Gasteiger partial charge is 0.336 e. The highest BCUT2D eigenvalue weighted by Gasteiger charge is 2.31. The third-order valence-electron chi connectivity index (χ3n) is 4.84. The van der Waals surface area contributed by atoms with Crippen LogP contribution in [-0.2, 0) is 10.0 Å². The molecule has 4 rings (SSSR count). The van der Waals surface area contributed by atoms with Gasteiger partial charge in [-0.25, -0.2) is 12.8 Å². The molecule has 0 saturated carbocycles. The van der Waals surface area contributed by atoms with Crippen LogP contribution >= 0.6 is 0 Å². The summed E-state index contributed by atoms with van der Waals surface area (Å²) in [5.74, 6) is -0.652. The highest BCUT2D eigenvalue weighted by Crippen LogP contribution is 2.21. The van der Waals surface area contributed by atoms with Gasteiger partial charge in [-0.1, -0.05) is 18.2 Å². The zero-order chi connectivity index (χ0) is 19.7. The first-order chi connectivity index (χ1) is 13.5. The van der Waals surface area contributed by atoms with Crippen molar-refractivity contribution in [2.75, 3.05) is 26.2 Å². The number of carbonyl (C=O) groups is 1. The molecule has 1 saturated heterocycles. The van der Waals surface area contributed by atoms with Crippen LogP contribution in [0.15, 0.2) is 65.7 Å². The van der Waals surface area contributed by atoms with E-state index < -0.39 is 15.8 Å². The summed E-state index contributed by atoms with van der Waals surface area (Å²) in [5, 5.41) is 0.880. The smallest absolute Gasteiger partial charge is 0.256 e. The van der Waals surface area contributed by atoms with Gasteiger partial charge < -0.3 is 4.90 Å². The number of sulfonamides is 1. The molecule has 0 aliphatic carbocycles. The van der Waals surface area contributed by atoms with Crippen LogP contribution in [0.4, 0.5) is 4.39 Å². The lowest BCUT2D eigenvalue weighted by molar-refractivity contribution is 0.0699. The van der Waals surface area contributed by atoms with E-state index in [-0.39, 0.29) is 37.0 Å². The molecule has 2 heterocycles. The summed E-state index contributed by atoms with van der Waals surface area (Å²) in [6.07, 6.45) is 1.65. The number of halogens is 1. The van der Waals surface area contributed by atoms with Gasteiger partial charge in [0.1, 0.15) is 5.82 Å². The topological polar surface area (TPSA) is 70.6 Å². The summed E-state index contributed by atoms with van der Waals surface area (Å²) in [6, 6.07) is 13.9. The van der Waals surface area contributed by atoms with E-state index in [0.717, 1.165) is 17.5 Å². The number of para-hydroxylation sites is 1. The number of hydrogen-bond acceptors (Lipinski definition) is 4. The van der Waals surface area contributed by atoms with Gasteiger partial charge >= 0.3 is 0 Å². The van der Waals surface area contributed by atoms with E-state index in [1.54, 1.807) is 17.2 Å². The maximum absolute atomic E-state index is 13.1. The SMILES string of the molecule is O=C(c1cccc2cccnc12)N1CCN(S(=O)(=O)c2ccc(F)cc2)CC1. The number of aromatic nitrogens is 1. The van der Waals surface area contributed by atoms with Gasteiger partial charge in [0, 0.05) is 37.8 Å². The lowest BCUT2D eigenvalue weighted by Gasteiger charge is -2.34. The Morgan fingerprint density at radius 3 is 2.32 bits per heavy atom. The summed E-state index contributed by atoms with van der Waals surface area (Å²) < 4.78 is 39.8. The monoisotopic (exact) mass is 399 g/mol. The molecule has 0 N–H and O–H groups in total. The molecule has 1 fully saturated rings. The highest BCUT2D eigenvalue weighted by molar-refractivity contribution is 7.89. The fourth-order valence-corrected chi connectivity index (χ4v) is 4.76. The van der Waals surface area contributed by atoms with Gasteiger partial charge in [-0.15, -0.1) is 0 Å². The third-order valence-corrected chi connectivity index (χ3v) is 6.75. The molecule has 1 aliphatic rings. The van der Waals surface area contributed by atoms with Gasteiger partial charge in [0.05, 0.1) is 16.0 Å². The zero-order valence-corrected chi connectivity index (χ0v) is 15.8. The molecule has 0 radical (unpaired) electrons. The zero-order valence-electron chi connectivity index (χ0n) is 15.0. The van der Waals surface area contributed by atoms with Crippen molar-refractivity contribution in [2.45, 2.75) is 4.90 Å². The van der Waals surface area contributed by atoms with Crippen molar-refractivity contribution in [3.05, 3.63) is 72.2 Å². The lowest BCUT2D eigenvalue weighted by Crippen LogP contribution is -2.50. The van der Waals surface area contributed by atoms with Gasteiger partial charge in [-0.2, -0.15) is 4.31 Å². The van der Waals surface area contributed by atoms with Crippen molar-refractivity contribution in [1.82, 2.24) is 14.2 Å². The number of amides is 1. The van der Waals surface area contributed by atoms with Crippen molar-refractivity contribution in [3.63, 3.8) is 0 Å². The van der Waals surface area contributed by atoms with Gasteiger partial charge in [-0.3, -0.25) is 9.78 Å². The fraction of sp³-hybridized carbons (Fsp3) is 0.200. The Labute approximate surface area is 162 Å². The van der Waals surface area contributed by atoms with Gasteiger partial charge in [0.25, 0.3) is 5.91 Å². The number of nitrogens with zero attached hydrogens (tertiary/aromatic N) is 3. The van der Waals surface area contributed by atoms with Crippen molar-refractivity contribution in [2.24, 2.45) is 0 Å². The van der Waals surface area contributed by atoms with E-state index in [1.165, 1.54) is 16.4 Å². The van der Waals surface area contributed by atoms with Gasteiger partial charge in [-0.05, 0) is 36.4 Å². The van der Waals surface area contributed by atoms with Crippen LogP contribution in [-0.4, -0.2) is 54.7 Å². The molecule has 0 bridgehead atoms. The summed E-state index contributed by atoms with van der Waals surface area (Å²) >= 11 is 0. The maximum Gasteiger partial charge on any atom is 0.256 e. The molecule has 1 aromatic heterocycles. The van der Waals surface area contributed by atoms with E-state index in [1.807, 2.05) is 24.3 Å². The Morgan fingerprint density at radius 2 is 1.61 bits per heavy atom. The van der Waals surface area contributed by atoms with E-state index in [9.17, 15) is 17.6 Å². The quantitative estimate of drug-likeness (QED) is 0.679. The molecule has 144 valence electrons. The molecular weight excluding hydrogens is 381 g/mol. The maximum atomic E-state index is 13.1. The number of carbonyl (C=O) groups excluding carboxylic acids is 1. The molecule has 2 aromatic carbocycles. The van der Waals surface area contributed by atoms with Gasteiger partial charge in [0.2, 0.25) is 10.0 Å². The summed E-state index contributed by atoms with van der Waals surface area (Å²) in [7, 11) is -3.71. The van der Waals surface area contributed by atoms with Crippen molar-refractivity contribution < 1.29 is 17.6 Å². The Kier molecular flexibility index (Phi) is 4.82. The Balaban J connectivity index is 1.51. The average molecular weight is 399 g/mol. The summed E-state index contributed by atoms with van der Waals surface area (Å²) in [5.41, 5.74) is 1.14. The number of fused-ring (bicyclic) bond motifs is 1. The standard InChI is InChI=1S/C20H18FN3O3S/c21-16-6-8-17(9-7-16)28(26,27)24-13-11-23(12-14-24)20(25)18-5-1-3-15-4-2-10-22-19(15)18/h1-10H,11-14H2.